The first-order valence-electron chi connectivity index (χ1n) is 8.77. The highest BCUT2D eigenvalue weighted by Gasteiger charge is 2.62. The van der Waals surface area contributed by atoms with E-state index in [1.807, 2.05) is 13.8 Å². The fraction of sp³-hybridized carbons (Fsp3) is 0.389. The fourth-order valence-electron chi connectivity index (χ4n) is 3.91. The molecule has 0 N–H and O–H groups in total. The van der Waals surface area contributed by atoms with E-state index in [1.165, 1.54) is 9.80 Å². The highest BCUT2D eigenvalue weighted by Crippen LogP contribution is 2.46. The Morgan fingerprint density at radius 2 is 2.11 bits per heavy atom. The van der Waals surface area contributed by atoms with Crippen molar-refractivity contribution in [3.8, 4) is 0 Å². The van der Waals surface area contributed by atoms with Crippen molar-refractivity contribution in [3.05, 3.63) is 39.9 Å². The number of para-hydroxylation sites is 1. The Balaban J connectivity index is 1.79. The first kappa shape index (κ1) is 18.8. The molecule has 2 aliphatic rings. The highest BCUT2D eigenvalue weighted by atomic mass is 35.5. The molecule has 3 heterocycles. The fourth-order valence-corrected chi connectivity index (χ4v) is 4.51. The number of halogens is 1. The van der Waals surface area contributed by atoms with Crippen molar-refractivity contribution < 1.29 is 19.1 Å². The number of amides is 2. The molecule has 8 nitrogen and oxygen atoms in total. The van der Waals surface area contributed by atoms with Crippen LogP contribution < -0.4 is 4.90 Å². The van der Waals surface area contributed by atoms with Gasteiger partial charge in [0.25, 0.3) is 5.91 Å². The summed E-state index contributed by atoms with van der Waals surface area (Å²) in [5.74, 6) is -1.21. The summed E-state index contributed by atoms with van der Waals surface area (Å²) in [6, 6.07) is 6.48. The Morgan fingerprint density at radius 1 is 1.36 bits per heavy atom. The number of fused-ring (bicyclic) bond motifs is 3. The van der Waals surface area contributed by atoms with Crippen molar-refractivity contribution in [2.45, 2.75) is 45.0 Å². The van der Waals surface area contributed by atoms with Gasteiger partial charge in [-0.15, -0.1) is 5.10 Å². The highest BCUT2D eigenvalue weighted by molar-refractivity contribution is 7.10. The van der Waals surface area contributed by atoms with Crippen LogP contribution >= 0.6 is 23.1 Å². The lowest BCUT2D eigenvalue weighted by Crippen LogP contribution is -2.70. The van der Waals surface area contributed by atoms with Crippen LogP contribution in [0, 0.1) is 0 Å². The van der Waals surface area contributed by atoms with Crippen LogP contribution in [0.15, 0.2) is 24.3 Å². The van der Waals surface area contributed by atoms with Crippen LogP contribution in [0.4, 0.5) is 5.69 Å². The number of benzene rings is 1. The van der Waals surface area contributed by atoms with E-state index in [0.29, 0.717) is 21.3 Å². The Hall–Kier alpha value is -2.52. The summed E-state index contributed by atoms with van der Waals surface area (Å²) in [4.78, 5) is 42.2. The van der Waals surface area contributed by atoms with Crippen LogP contribution in [0.25, 0.3) is 0 Å². The van der Waals surface area contributed by atoms with E-state index >= 15 is 0 Å². The number of carbonyl (C=O) groups excluding carboxylic acids is 3. The zero-order chi connectivity index (χ0) is 20.1. The third-order valence-corrected chi connectivity index (χ3v) is 5.98. The second-order valence-electron chi connectivity index (χ2n) is 6.90. The molecule has 2 aliphatic heterocycles. The number of hydrogen-bond acceptors (Lipinski definition) is 7. The summed E-state index contributed by atoms with van der Waals surface area (Å²) < 4.78 is 9.54. The number of hydrogen-bond donors (Lipinski definition) is 0. The van der Waals surface area contributed by atoms with Crippen molar-refractivity contribution >= 4 is 46.6 Å². The molecule has 1 aromatic heterocycles. The molecule has 10 heteroatoms. The van der Waals surface area contributed by atoms with Gasteiger partial charge in [0.1, 0.15) is 16.6 Å². The number of nitrogens with zero attached hydrogens (tertiary/aromatic N) is 4. The van der Waals surface area contributed by atoms with Gasteiger partial charge in [-0.1, -0.05) is 28.2 Å². The van der Waals surface area contributed by atoms with Crippen LogP contribution in [-0.2, 0) is 20.9 Å². The van der Waals surface area contributed by atoms with Crippen LogP contribution in [0.2, 0.25) is 4.34 Å². The molecular weight excluding hydrogens is 404 g/mol. The topological polar surface area (TPSA) is 92.7 Å². The van der Waals surface area contributed by atoms with Gasteiger partial charge in [-0.05, 0) is 26.0 Å². The monoisotopic (exact) mass is 420 g/mol. The molecule has 1 aromatic carbocycles. The van der Waals surface area contributed by atoms with E-state index in [0.717, 1.165) is 11.5 Å². The van der Waals surface area contributed by atoms with Gasteiger partial charge in [-0.3, -0.25) is 14.5 Å². The predicted octanol–water partition coefficient (Wildman–Crippen LogP) is 2.62. The van der Waals surface area contributed by atoms with E-state index in [1.54, 1.807) is 24.3 Å². The summed E-state index contributed by atoms with van der Waals surface area (Å²) in [7, 11) is 0. The molecule has 0 aliphatic carbocycles. The lowest BCUT2D eigenvalue weighted by atomic mass is 9.95. The number of ether oxygens (including phenoxy) is 1. The van der Waals surface area contributed by atoms with Crippen molar-refractivity contribution in [2.75, 3.05) is 4.90 Å². The second kappa shape index (κ2) is 6.82. The molecule has 4 rings (SSSR count). The smallest absolute Gasteiger partial charge is 0.354 e. The Bertz CT molecular complexity index is 978. The van der Waals surface area contributed by atoms with Gasteiger partial charge in [-0.2, -0.15) is 0 Å². The van der Waals surface area contributed by atoms with Crippen LogP contribution in [0.1, 0.15) is 42.7 Å². The van der Waals surface area contributed by atoms with Gasteiger partial charge in [0.05, 0.1) is 11.3 Å². The number of esters is 1. The van der Waals surface area contributed by atoms with Crippen LogP contribution in [-0.4, -0.2) is 44.0 Å². The second-order valence-corrected chi connectivity index (χ2v) is 8.26. The Labute approximate surface area is 170 Å². The van der Waals surface area contributed by atoms with Gasteiger partial charge < -0.3 is 9.64 Å². The molecule has 0 bridgehead atoms. The molecule has 2 aromatic rings. The summed E-state index contributed by atoms with van der Waals surface area (Å²) in [6.45, 7) is 3.44. The van der Waals surface area contributed by atoms with E-state index in [4.69, 9.17) is 16.3 Å². The third kappa shape index (κ3) is 2.61. The molecule has 1 atom stereocenters. The number of anilines is 1. The van der Waals surface area contributed by atoms with Gasteiger partial charge >= 0.3 is 5.97 Å². The first-order chi connectivity index (χ1) is 13.4. The molecule has 0 radical (unpaired) electrons. The molecule has 0 spiro atoms. The summed E-state index contributed by atoms with van der Waals surface area (Å²) in [6.07, 6.45) is 0.297. The molecule has 1 unspecified atom stereocenters. The van der Waals surface area contributed by atoms with Gasteiger partial charge in [0.2, 0.25) is 11.6 Å². The van der Waals surface area contributed by atoms with Crippen molar-refractivity contribution in [1.82, 2.24) is 14.5 Å². The van der Waals surface area contributed by atoms with E-state index in [2.05, 4.69) is 9.59 Å². The summed E-state index contributed by atoms with van der Waals surface area (Å²) in [5.41, 5.74) is -0.364. The minimum absolute atomic E-state index is 0.138. The zero-order valence-electron chi connectivity index (χ0n) is 15.2. The first-order valence-corrected chi connectivity index (χ1v) is 9.92. The van der Waals surface area contributed by atoms with E-state index < -0.39 is 11.6 Å². The molecule has 1 saturated heterocycles. The lowest BCUT2D eigenvalue weighted by molar-refractivity contribution is -0.159. The maximum atomic E-state index is 13.3. The van der Waals surface area contributed by atoms with Gasteiger partial charge in [-0.25, -0.2) is 4.79 Å². The quantitative estimate of drug-likeness (QED) is 0.706. The largest absolute Gasteiger partial charge is 0.456 e. The van der Waals surface area contributed by atoms with Crippen LogP contribution in [0.3, 0.4) is 0 Å². The standard InChI is InChI=1S/C18H17ClN4O4S/c1-10(2)22-16(25)11-5-3-4-6-13(11)23-14(24)7-8-18(22,23)17(26)27-9-12-15(19)28-21-20-12/h3-6,10H,7-9H2,1-2H3. The average molecular weight is 421 g/mol. The van der Waals surface area contributed by atoms with E-state index in [-0.39, 0.29) is 37.3 Å². The number of rotatable bonds is 4. The molecule has 146 valence electrons. The minimum Gasteiger partial charge on any atom is -0.456 e. The molecule has 2 amide bonds. The average Bonchev–Trinajstić information content (AvgIpc) is 3.23. The summed E-state index contributed by atoms with van der Waals surface area (Å²) in [5, 5.41) is 3.83. The number of aromatic nitrogens is 2. The van der Waals surface area contributed by atoms with Gasteiger partial charge in [0, 0.05) is 30.4 Å². The molecule has 1 fully saturated rings. The number of carbonyl (C=O) groups is 3. The third-order valence-electron chi connectivity index (χ3n) is 4.99. The van der Waals surface area contributed by atoms with E-state index in [9.17, 15) is 14.4 Å². The maximum Gasteiger partial charge on any atom is 0.354 e. The van der Waals surface area contributed by atoms with Gasteiger partial charge in [0.15, 0.2) is 0 Å². The zero-order valence-corrected chi connectivity index (χ0v) is 16.8. The maximum absolute atomic E-state index is 13.3. The van der Waals surface area contributed by atoms with Crippen molar-refractivity contribution in [1.29, 1.82) is 0 Å². The SMILES string of the molecule is CC(C)N1C(=O)c2ccccc2N2C(=O)CCC21C(=O)OCc1nnsc1Cl. The van der Waals surface area contributed by atoms with Crippen molar-refractivity contribution in [3.63, 3.8) is 0 Å². The lowest BCUT2D eigenvalue weighted by Gasteiger charge is -2.50. The normalized spacial score (nSPS) is 21.1. The predicted molar refractivity (Wildman–Crippen MR) is 102 cm³/mol. The molecule has 0 saturated carbocycles. The Morgan fingerprint density at radius 3 is 2.79 bits per heavy atom. The Kier molecular flexibility index (Phi) is 4.59. The van der Waals surface area contributed by atoms with Crippen LogP contribution in [0.5, 0.6) is 0 Å². The molecule has 28 heavy (non-hydrogen) atoms. The summed E-state index contributed by atoms with van der Waals surface area (Å²) >= 11 is 6.97. The minimum atomic E-state index is -1.52. The van der Waals surface area contributed by atoms with Crippen molar-refractivity contribution in [2.24, 2.45) is 0 Å². The molecular formula is C18H17ClN4O4S.